The molecule has 0 saturated carbocycles. The van der Waals surface area contributed by atoms with E-state index >= 15 is 0 Å². The molecule has 0 saturated heterocycles. The highest BCUT2D eigenvalue weighted by Crippen LogP contribution is 2.28. The smallest absolute Gasteiger partial charge is 0.115 e. The molecule has 3 heteroatoms. The van der Waals surface area contributed by atoms with Gasteiger partial charge in [-0.05, 0) is 37.1 Å². The second-order valence-corrected chi connectivity index (χ2v) is 5.38. The molecule has 1 aromatic carbocycles. The molecule has 0 unspecified atom stereocenters. The minimum absolute atomic E-state index is 0.725. The normalized spacial score (nSPS) is 10.5. The Hall–Kier alpha value is -0.990. The highest BCUT2D eigenvalue weighted by atomic mass is 35.5. The molecule has 0 amide bonds. The van der Waals surface area contributed by atoms with E-state index in [0.29, 0.717) is 0 Å². The van der Waals surface area contributed by atoms with Crippen molar-refractivity contribution in [2.45, 2.75) is 24.6 Å². The molecule has 0 N–H and O–H groups in total. The molecule has 0 atom stereocenters. The van der Waals surface area contributed by atoms with Crippen LogP contribution in [0.2, 0.25) is 5.02 Å². The second kappa shape index (κ2) is 5.56. The number of aryl methyl sites for hydroxylation is 2. The summed E-state index contributed by atoms with van der Waals surface area (Å²) >= 11 is 7.76. The zero-order chi connectivity index (χ0) is 12.3. The number of pyridine rings is 1. The summed E-state index contributed by atoms with van der Waals surface area (Å²) in [6.07, 6.45) is 1.78. The first-order valence-electron chi connectivity index (χ1n) is 5.46. The van der Waals surface area contributed by atoms with Crippen molar-refractivity contribution in [2.75, 3.05) is 0 Å². The molecular weight excluding hydrogens is 250 g/mol. The molecule has 1 aromatic heterocycles. The van der Waals surface area contributed by atoms with Crippen LogP contribution in [0.15, 0.2) is 41.6 Å². The fourth-order valence-electron chi connectivity index (χ4n) is 1.58. The maximum atomic E-state index is 6.08. The van der Waals surface area contributed by atoms with Gasteiger partial charge in [0.15, 0.2) is 0 Å². The number of halogens is 1. The van der Waals surface area contributed by atoms with Crippen LogP contribution in [0.4, 0.5) is 0 Å². The van der Waals surface area contributed by atoms with Crippen molar-refractivity contribution in [2.24, 2.45) is 0 Å². The average molecular weight is 264 g/mol. The summed E-state index contributed by atoms with van der Waals surface area (Å²) in [4.78, 5) is 4.28. The molecule has 17 heavy (non-hydrogen) atoms. The number of thioether (sulfide) groups is 1. The summed E-state index contributed by atoms with van der Waals surface area (Å²) < 4.78 is 0. The molecule has 0 aliphatic rings. The standard InChI is InChI=1S/C14H14ClNS/c1-10-5-6-11(2)12(8-10)9-17-14-13(15)4-3-7-16-14/h3-8H,9H2,1-2H3. The van der Waals surface area contributed by atoms with Crippen molar-refractivity contribution in [1.82, 2.24) is 4.98 Å². The Morgan fingerprint density at radius 2 is 2.06 bits per heavy atom. The third-order valence-electron chi connectivity index (χ3n) is 2.59. The van der Waals surface area contributed by atoms with Gasteiger partial charge in [-0.1, -0.05) is 35.4 Å². The lowest BCUT2D eigenvalue weighted by Crippen LogP contribution is -1.89. The van der Waals surface area contributed by atoms with Crippen LogP contribution in [0.3, 0.4) is 0 Å². The van der Waals surface area contributed by atoms with E-state index in [1.165, 1.54) is 16.7 Å². The zero-order valence-corrected chi connectivity index (χ0v) is 11.5. The van der Waals surface area contributed by atoms with E-state index in [0.717, 1.165) is 15.8 Å². The maximum Gasteiger partial charge on any atom is 0.115 e. The lowest BCUT2D eigenvalue weighted by atomic mass is 10.1. The average Bonchev–Trinajstić information content (AvgIpc) is 2.32. The van der Waals surface area contributed by atoms with Gasteiger partial charge in [-0.25, -0.2) is 4.98 Å². The Morgan fingerprint density at radius 1 is 1.24 bits per heavy atom. The SMILES string of the molecule is Cc1ccc(C)c(CSc2ncccc2Cl)c1. The summed E-state index contributed by atoms with van der Waals surface area (Å²) in [7, 11) is 0. The van der Waals surface area contributed by atoms with Crippen LogP contribution >= 0.6 is 23.4 Å². The van der Waals surface area contributed by atoms with Crippen molar-refractivity contribution in [1.29, 1.82) is 0 Å². The van der Waals surface area contributed by atoms with E-state index in [9.17, 15) is 0 Å². The first-order chi connectivity index (χ1) is 8.16. The van der Waals surface area contributed by atoms with E-state index in [1.807, 2.05) is 12.1 Å². The molecule has 1 heterocycles. The lowest BCUT2D eigenvalue weighted by molar-refractivity contribution is 1.13. The summed E-state index contributed by atoms with van der Waals surface area (Å²) in [6, 6.07) is 10.2. The largest absolute Gasteiger partial charge is 0.248 e. The van der Waals surface area contributed by atoms with Crippen LogP contribution in [-0.2, 0) is 5.75 Å². The Bertz CT molecular complexity index is 525. The molecule has 0 aliphatic heterocycles. The molecule has 2 rings (SSSR count). The molecule has 0 aliphatic carbocycles. The van der Waals surface area contributed by atoms with Crippen molar-refractivity contribution in [3.8, 4) is 0 Å². The fraction of sp³-hybridized carbons (Fsp3) is 0.214. The van der Waals surface area contributed by atoms with Crippen LogP contribution < -0.4 is 0 Å². The highest BCUT2D eigenvalue weighted by Gasteiger charge is 2.04. The van der Waals surface area contributed by atoms with Gasteiger partial charge in [0.1, 0.15) is 5.03 Å². The highest BCUT2D eigenvalue weighted by molar-refractivity contribution is 7.98. The monoisotopic (exact) mass is 263 g/mol. The number of hydrogen-bond acceptors (Lipinski definition) is 2. The van der Waals surface area contributed by atoms with Crippen LogP contribution in [0.1, 0.15) is 16.7 Å². The quantitative estimate of drug-likeness (QED) is 0.748. The number of hydrogen-bond donors (Lipinski definition) is 0. The van der Waals surface area contributed by atoms with Crippen LogP contribution in [-0.4, -0.2) is 4.98 Å². The Balaban J connectivity index is 2.12. The third kappa shape index (κ3) is 3.24. The second-order valence-electron chi connectivity index (χ2n) is 4.01. The van der Waals surface area contributed by atoms with Crippen LogP contribution in [0.25, 0.3) is 0 Å². The van der Waals surface area contributed by atoms with Gasteiger partial charge >= 0.3 is 0 Å². The van der Waals surface area contributed by atoms with Crippen LogP contribution in [0.5, 0.6) is 0 Å². The van der Waals surface area contributed by atoms with Crippen molar-refractivity contribution in [3.63, 3.8) is 0 Å². The van der Waals surface area contributed by atoms with Crippen molar-refractivity contribution < 1.29 is 0 Å². The summed E-state index contributed by atoms with van der Waals surface area (Å²) in [5, 5.41) is 1.62. The van der Waals surface area contributed by atoms with Gasteiger partial charge in [-0.2, -0.15) is 0 Å². The van der Waals surface area contributed by atoms with Gasteiger partial charge in [0.25, 0.3) is 0 Å². The van der Waals surface area contributed by atoms with E-state index in [-0.39, 0.29) is 0 Å². The van der Waals surface area contributed by atoms with Gasteiger partial charge in [-0.15, -0.1) is 11.8 Å². The predicted molar refractivity (Wildman–Crippen MR) is 74.7 cm³/mol. The summed E-state index contributed by atoms with van der Waals surface area (Å²) in [6.45, 7) is 4.25. The van der Waals surface area contributed by atoms with E-state index in [1.54, 1.807) is 18.0 Å². The molecule has 1 nitrogen and oxygen atoms in total. The fourth-order valence-corrected chi connectivity index (χ4v) is 2.81. The molecule has 0 bridgehead atoms. The summed E-state index contributed by atoms with van der Waals surface area (Å²) in [5.74, 6) is 0.907. The Labute approximate surface area is 111 Å². The van der Waals surface area contributed by atoms with E-state index < -0.39 is 0 Å². The minimum Gasteiger partial charge on any atom is -0.248 e. The predicted octanol–water partition coefficient (Wildman–Crippen LogP) is 4.64. The van der Waals surface area contributed by atoms with Gasteiger partial charge in [0.2, 0.25) is 0 Å². The first-order valence-corrected chi connectivity index (χ1v) is 6.82. The number of aromatic nitrogens is 1. The van der Waals surface area contributed by atoms with Gasteiger partial charge in [0.05, 0.1) is 5.02 Å². The molecular formula is C14H14ClNS. The lowest BCUT2D eigenvalue weighted by Gasteiger charge is -2.07. The molecule has 0 radical (unpaired) electrons. The first kappa shape index (κ1) is 12.5. The third-order valence-corrected chi connectivity index (χ3v) is 4.06. The topological polar surface area (TPSA) is 12.9 Å². The molecule has 0 fully saturated rings. The van der Waals surface area contributed by atoms with E-state index in [4.69, 9.17) is 11.6 Å². The zero-order valence-electron chi connectivity index (χ0n) is 9.90. The van der Waals surface area contributed by atoms with Gasteiger partial charge in [0, 0.05) is 11.9 Å². The maximum absolute atomic E-state index is 6.08. The number of benzene rings is 1. The van der Waals surface area contributed by atoms with Crippen molar-refractivity contribution in [3.05, 3.63) is 58.2 Å². The Morgan fingerprint density at radius 3 is 2.82 bits per heavy atom. The van der Waals surface area contributed by atoms with Gasteiger partial charge < -0.3 is 0 Å². The molecule has 2 aromatic rings. The molecule has 0 spiro atoms. The summed E-state index contributed by atoms with van der Waals surface area (Å²) in [5.41, 5.74) is 3.95. The van der Waals surface area contributed by atoms with Gasteiger partial charge in [-0.3, -0.25) is 0 Å². The van der Waals surface area contributed by atoms with Crippen LogP contribution in [0, 0.1) is 13.8 Å². The molecule has 88 valence electrons. The number of nitrogens with zero attached hydrogens (tertiary/aromatic N) is 1. The van der Waals surface area contributed by atoms with E-state index in [2.05, 4.69) is 37.0 Å². The van der Waals surface area contributed by atoms with Crippen molar-refractivity contribution >= 4 is 23.4 Å². The number of rotatable bonds is 3. The minimum atomic E-state index is 0.725. The Kier molecular flexibility index (Phi) is 4.08.